The number of nitrogens with zero attached hydrogens (tertiary/aromatic N) is 4. The van der Waals surface area contributed by atoms with Crippen molar-refractivity contribution in [1.82, 2.24) is 19.9 Å². The van der Waals surface area contributed by atoms with E-state index in [4.69, 9.17) is 25.1 Å². The number of aliphatic carboxylic acids is 1. The molecule has 2 amide bonds. The molecule has 0 saturated carbocycles. The minimum atomic E-state index is -1.14. The van der Waals surface area contributed by atoms with Gasteiger partial charge in [-0.3, -0.25) is 19.3 Å². The summed E-state index contributed by atoms with van der Waals surface area (Å²) in [7, 11) is 0. The Bertz CT molecular complexity index is 747. The third kappa shape index (κ3) is 8.82. The minimum Gasteiger partial charge on any atom is -0.480 e. The van der Waals surface area contributed by atoms with E-state index >= 15 is 0 Å². The standard InChI is InChI=1S/C19H31N5O7S/c1-2-4-29-6-8-31-9-7-30-5-3-23-11-14(21-22-23)12-24-17(25)10-16(18(24)26)32-13-15(20)19(27)28/h11,15-16H,2-10,12-13,20H2,1H3,(H,27,28). The second-order valence-electron chi connectivity index (χ2n) is 7.10. The van der Waals surface area contributed by atoms with Crippen molar-refractivity contribution in [2.75, 3.05) is 45.4 Å². The number of hydrogen-bond acceptors (Lipinski definition) is 10. The molecule has 3 N–H and O–H groups in total. The predicted molar refractivity (Wildman–Crippen MR) is 115 cm³/mol. The zero-order chi connectivity index (χ0) is 23.3. The van der Waals surface area contributed by atoms with Crippen LogP contribution in [0.5, 0.6) is 0 Å². The van der Waals surface area contributed by atoms with Crippen LogP contribution in [0.2, 0.25) is 0 Å². The molecule has 12 nitrogen and oxygen atoms in total. The van der Waals surface area contributed by atoms with Crippen LogP contribution < -0.4 is 5.73 Å². The lowest BCUT2D eigenvalue weighted by Gasteiger charge is -2.13. The normalized spacial score (nSPS) is 17.3. The van der Waals surface area contributed by atoms with E-state index in [-0.39, 0.29) is 30.5 Å². The van der Waals surface area contributed by atoms with Gasteiger partial charge in [-0.05, 0) is 6.42 Å². The Kier molecular flexibility index (Phi) is 11.6. The molecule has 32 heavy (non-hydrogen) atoms. The first kappa shape index (κ1) is 26.2. The van der Waals surface area contributed by atoms with Crippen molar-refractivity contribution in [2.24, 2.45) is 5.73 Å². The van der Waals surface area contributed by atoms with E-state index in [0.717, 1.165) is 29.7 Å². The number of hydrogen-bond donors (Lipinski definition) is 2. The monoisotopic (exact) mass is 473 g/mol. The maximum Gasteiger partial charge on any atom is 0.321 e. The SMILES string of the molecule is CCCOCCOCCOCCn1cc(CN2C(=O)CC(SCC(N)C(=O)O)C2=O)nn1. The van der Waals surface area contributed by atoms with E-state index < -0.39 is 17.3 Å². The number of imide groups is 1. The first-order valence-electron chi connectivity index (χ1n) is 10.5. The average Bonchev–Trinajstić information content (AvgIpc) is 3.32. The Balaban J connectivity index is 1.64. The number of likely N-dealkylation sites (tertiary alicyclic amines) is 1. The highest BCUT2D eigenvalue weighted by molar-refractivity contribution is 8.00. The van der Waals surface area contributed by atoms with E-state index in [1.54, 1.807) is 10.9 Å². The molecule has 1 aromatic heterocycles. The summed E-state index contributed by atoms with van der Waals surface area (Å²) in [5.41, 5.74) is 5.94. The molecule has 0 radical (unpaired) electrons. The number of carbonyl (C=O) groups is 3. The molecule has 1 aliphatic heterocycles. The van der Waals surface area contributed by atoms with Gasteiger partial charge in [0.15, 0.2) is 0 Å². The second-order valence-corrected chi connectivity index (χ2v) is 8.33. The van der Waals surface area contributed by atoms with Crippen LogP contribution in [-0.2, 0) is 41.7 Å². The summed E-state index contributed by atoms with van der Waals surface area (Å²) in [6, 6.07) is -1.08. The highest BCUT2D eigenvalue weighted by atomic mass is 32.2. The van der Waals surface area contributed by atoms with Gasteiger partial charge in [0.2, 0.25) is 11.8 Å². The lowest BCUT2D eigenvalue weighted by molar-refractivity contribution is -0.139. The molecule has 0 aromatic carbocycles. The molecule has 0 aliphatic carbocycles. The van der Waals surface area contributed by atoms with Crippen LogP contribution in [0, 0.1) is 0 Å². The van der Waals surface area contributed by atoms with Gasteiger partial charge in [-0.25, -0.2) is 4.68 Å². The number of amides is 2. The minimum absolute atomic E-state index is 0.0185. The maximum absolute atomic E-state index is 12.5. The van der Waals surface area contributed by atoms with Crippen molar-refractivity contribution in [1.29, 1.82) is 0 Å². The van der Waals surface area contributed by atoms with Crippen molar-refractivity contribution < 1.29 is 33.7 Å². The van der Waals surface area contributed by atoms with E-state index in [0.29, 0.717) is 45.3 Å². The molecule has 1 fully saturated rings. The largest absolute Gasteiger partial charge is 0.480 e. The molecule has 180 valence electrons. The zero-order valence-corrected chi connectivity index (χ0v) is 19.0. The zero-order valence-electron chi connectivity index (χ0n) is 18.2. The van der Waals surface area contributed by atoms with Gasteiger partial charge >= 0.3 is 5.97 Å². The van der Waals surface area contributed by atoms with Crippen LogP contribution >= 0.6 is 11.8 Å². The summed E-state index contributed by atoms with van der Waals surface area (Å²) in [4.78, 5) is 36.6. The first-order valence-corrected chi connectivity index (χ1v) is 11.5. The van der Waals surface area contributed by atoms with E-state index in [1.807, 2.05) is 0 Å². The summed E-state index contributed by atoms with van der Waals surface area (Å²) in [6.45, 7) is 5.75. The number of carbonyl (C=O) groups excluding carboxylic acids is 2. The van der Waals surface area contributed by atoms with Crippen LogP contribution in [-0.4, -0.2) is 99.5 Å². The number of rotatable bonds is 17. The van der Waals surface area contributed by atoms with Crippen LogP contribution in [0.3, 0.4) is 0 Å². The molecule has 2 unspecified atom stereocenters. The molecule has 1 aliphatic rings. The molecule has 2 heterocycles. The second kappa shape index (κ2) is 14.2. The Morgan fingerprint density at radius 2 is 1.88 bits per heavy atom. The van der Waals surface area contributed by atoms with E-state index in [1.165, 1.54) is 0 Å². The van der Waals surface area contributed by atoms with Gasteiger partial charge in [-0.15, -0.1) is 16.9 Å². The molecule has 13 heteroatoms. The number of nitrogens with two attached hydrogens (primary N) is 1. The Morgan fingerprint density at radius 3 is 2.53 bits per heavy atom. The first-order chi connectivity index (χ1) is 15.4. The van der Waals surface area contributed by atoms with Crippen LogP contribution in [0.15, 0.2) is 6.20 Å². The summed E-state index contributed by atoms with van der Waals surface area (Å²) in [6.07, 6.45) is 2.66. The molecular weight excluding hydrogens is 442 g/mol. The van der Waals surface area contributed by atoms with E-state index in [9.17, 15) is 14.4 Å². The molecule has 0 bridgehead atoms. The number of ether oxygens (including phenoxy) is 3. The van der Waals surface area contributed by atoms with Gasteiger partial charge in [0.1, 0.15) is 11.7 Å². The summed E-state index contributed by atoms with van der Waals surface area (Å²) in [5.74, 6) is -1.78. The average molecular weight is 474 g/mol. The van der Waals surface area contributed by atoms with Crippen molar-refractivity contribution in [3.63, 3.8) is 0 Å². The van der Waals surface area contributed by atoms with Crippen LogP contribution in [0.25, 0.3) is 0 Å². The summed E-state index contributed by atoms with van der Waals surface area (Å²) < 4.78 is 17.8. The number of aromatic nitrogens is 3. The Morgan fingerprint density at radius 1 is 1.22 bits per heavy atom. The molecule has 1 aromatic rings. The van der Waals surface area contributed by atoms with Gasteiger partial charge in [-0.1, -0.05) is 12.1 Å². The summed E-state index contributed by atoms with van der Waals surface area (Å²) >= 11 is 1.08. The lowest BCUT2D eigenvalue weighted by Crippen LogP contribution is -2.34. The topological polar surface area (TPSA) is 159 Å². The van der Waals surface area contributed by atoms with Gasteiger partial charge in [0, 0.05) is 18.8 Å². The molecule has 1 saturated heterocycles. The smallest absolute Gasteiger partial charge is 0.321 e. The fraction of sp³-hybridized carbons (Fsp3) is 0.737. The van der Waals surface area contributed by atoms with Gasteiger partial charge in [0.25, 0.3) is 0 Å². The van der Waals surface area contributed by atoms with Crippen molar-refractivity contribution in [3.8, 4) is 0 Å². The van der Waals surface area contributed by atoms with Crippen molar-refractivity contribution in [3.05, 3.63) is 11.9 Å². The van der Waals surface area contributed by atoms with Gasteiger partial charge in [-0.2, -0.15) is 0 Å². The number of carboxylic acids is 1. The Hall–Kier alpha value is -2.06. The highest BCUT2D eigenvalue weighted by Crippen LogP contribution is 2.26. The fourth-order valence-corrected chi connectivity index (χ4v) is 3.88. The predicted octanol–water partition coefficient (Wildman–Crippen LogP) is -0.489. The third-order valence-corrected chi connectivity index (χ3v) is 5.78. The molecular formula is C19H31N5O7S. The number of carboxylic acid groups (broad SMARTS) is 1. The lowest BCUT2D eigenvalue weighted by atomic mass is 10.3. The third-order valence-electron chi connectivity index (χ3n) is 4.46. The van der Waals surface area contributed by atoms with Crippen LogP contribution in [0.1, 0.15) is 25.5 Å². The maximum atomic E-state index is 12.5. The fourth-order valence-electron chi connectivity index (χ4n) is 2.77. The Labute approximate surface area is 190 Å². The molecule has 2 atom stereocenters. The molecule has 2 rings (SSSR count). The van der Waals surface area contributed by atoms with Crippen LogP contribution in [0.4, 0.5) is 0 Å². The number of thioether (sulfide) groups is 1. The van der Waals surface area contributed by atoms with Gasteiger partial charge < -0.3 is 25.1 Å². The van der Waals surface area contributed by atoms with Gasteiger partial charge in [0.05, 0.1) is 57.6 Å². The van der Waals surface area contributed by atoms with Crippen molar-refractivity contribution in [2.45, 2.75) is 44.1 Å². The van der Waals surface area contributed by atoms with E-state index in [2.05, 4.69) is 17.2 Å². The molecule has 0 spiro atoms. The summed E-state index contributed by atoms with van der Waals surface area (Å²) in [5, 5.41) is 16.2. The van der Waals surface area contributed by atoms with Crippen molar-refractivity contribution >= 4 is 29.5 Å². The highest BCUT2D eigenvalue weighted by Gasteiger charge is 2.39. The quantitative estimate of drug-likeness (QED) is 0.222.